The van der Waals surface area contributed by atoms with Gasteiger partial charge in [-0.25, -0.2) is 0 Å². The molecule has 0 N–H and O–H groups in total. The Hall–Kier alpha value is -1.37. The quantitative estimate of drug-likeness (QED) is 0.586. The number of aliphatic imine (C=N–C) groups is 1. The molecule has 0 aromatic carbocycles. The Bertz CT molecular complexity index is 394. The van der Waals surface area contributed by atoms with Crippen molar-refractivity contribution in [2.75, 3.05) is 0 Å². The highest BCUT2D eigenvalue weighted by Crippen LogP contribution is 2.34. The summed E-state index contributed by atoms with van der Waals surface area (Å²) in [6.45, 7) is 6.10. The summed E-state index contributed by atoms with van der Waals surface area (Å²) >= 11 is 0. The minimum Gasteiger partial charge on any atom is -0.263 e. The monoisotopic (exact) mass is 213 g/mol. The number of fused-ring (bicyclic) bond motifs is 1. The Morgan fingerprint density at radius 3 is 3.06 bits per heavy atom. The van der Waals surface area contributed by atoms with E-state index in [2.05, 4.69) is 30.6 Å². The van der Waals surface area contributed by atoms with Crippen molar-refractivity contribution in [2.24, 2.45) is 10.9 Å². The lowest BCUT2D eigenvalue weighted by Crippen LogP contribution is -2.01. The molecule has 0 bridgehead atoms. The van der Waals surface area contributed by atoms with Crippen LogP contribution >= 0.6 is 0 Å². The van der Waals surface area contributed by atoms with Crippen LogP contribution in [0.3, 0.4) is 0 Å². The zero-order chi connectivity index (χ0) is 11.4. The van der Waals surface area contributed by atoms with E-state index in [1.165, 1.54) is 29.6 Å². The van der Waals surface area contributed by atoms with E-state index >= 15 is 0 Å². The van der Waals surface area contributed by atoms with E-state index in [1.54, 1.807) is 0 Å². The van der Waals surface area contributed by atoms with Crippen LogP contribution in [0.15, 0.2) is 52.7 Å². The average Bonchev–Trinajstić information content (AvgIpc) is 2.83. The van der Waals surface area contributed by atoms with Crippen molar-refractivity contribution in [1.82, 2.24) is 0 Å². The molecule has 0 aromatic rings. The van der Waals surface area contributed by atoms with Gasteiger partial charge in [0.05, 0.1) is 0 Å². The Morgan fingerprint density at radius 2 is 2.31 bits per heavy atom. The predicted molar refractivity (Wildman–Crippen MR) is 70.6 cm³/mol. The van der Waals surface area contributed by atoms with Crippen molar-refractivity contribution in [3.8, 4) is 0 Å². The molecule has 2 rings (SSSR count). The summed E-state index contributed by atoms with van der Waals surface area (Å²) in [4.78, 5) is 4.20. The zero-order valence-corrected chi connectivity index (χ0v) is 9.95. The number of hydrogen-bond acceptors (Lipinski definition) is 1. The molecule has 0 saturated heterocycles. The highest BCUT2D eigenvalue weighted by Gasteiger charge is 2.19. The van der Waals surface area contributed by atoms with Gasteiger partial charge in [0.25, 0.3) is 0 Å². The number of nitrogens with zero attached hydrogens (tertiary/aromatic N) is 1. The maximum atomic E-state index is 4.20. The Morgan fingerprint density at radius 1 is 1.44 bits per heavy atom. The summed E-state index contributed by atoms with van der Waals surface area (Å²) < 4.78 is 0. The highest BCUT2D eigenvalue weighted by molar-refractivity contribution is 5.92. The van der Waals surface area contributed by atoms with Gasteiger partial charge in [0.2, 0.25) is 0 Å². The average molecular weight is 213 g/mol. The van der Waals surface area contributed by atoms with Gasteiger partial charge in [0.15, 0.2) is 0 Å². The van der Waals surface area contributed by atoms with E-state index in [0.717, 1.165) is 18.8 Å². The Balaban J connectivity index is 1.97. The Labute approximate surface area is 98.0 Å². The minimum absolute atomic E-state index is 0.739. The second-order valence-corrected chi connectivity index (χ2v) is 4.52. The highest BCUT2D eigenvalue weighted by atomic mass is 14.7. The van der Waals surface area contributed by atoms with Crippen molar-refractivity contribution in [1.29, 1.82) is 0 Å². The summed E-state index contributed by atoms with van der Waals surface area (Å²) in [5, 5.41) is 0. The number of hydrogen-bond donors (Lipinski definition) is 0. The van der Waals surface area contributed by atoms with Crippen molar-refractivity contribution in [3.05, 3.63) is 47.7 Å². The van der Waals surface area contributed by atoms with Gasteiger partial charge in [0.1, 0.15) is 0 Å². The first-order chi connectivity index (χ1) is 7.85. The van der Waals surface area contributed by atoms with E-state index in [0.29, 0.717) is 0 Å². The lowest BCUT2D eigenvalue weighted by molar-refractivity contribution is 0.484. The van der Waals surface area contributed by atoms with Crippen LogP contribution in [0.5, 0.6) is 0 Å². The van der Waals surface area contributed by atoms with Crippen molar-refractivity contribution in [2.45, 2.75) is 32.6 Å². The molecular formula is C15H19N. The standard InChI is InChI=1S/C15H19N/c1-3-5-12(6-4-2)9-13-7-8-14-10-16-11-15(13)14/h3,7-8,10-12H,1,4-6,9H2,2H3. The molecule has 1 heterocycles. The molecule has 84 valence electrons. The van der Waals surface area contributed by atoms with Gasteiger partial charge >= 0.3 is 0 Å². The van der Waals surface area contributed by atoms with Gasteiger partial charge in [-0.1, -0.05) is 38.0 Å². The van der Waals surface area contributed by atoms with Crippen LogP contribution in [-0.2, 0) is 0 Å². The van der Waals surface area contributed by atoms with Crippen LogP contribution in [0.4, 0.5) is 0 Å². The molecule has 0 radical (unpaired) electrons. The summed E-state index contributed by atoms with van der Waals surface area (Å²) in [6.07, 6.45) is 15.2. The van der Waals surface area contributed by atoms with E-state index in [-0.39, 0.29) is 0 Å². The first kappa shape index (κ1) is 11.1. The third-order valence-corrected chi connectivity index (χ3v) is 3.24. The zero-order valence-electron chi connectivity index (χ0n) is 9.95. The van der Waals surface area contributed by atoms with Gasteiger partial charge in [-0.05, 0) is 24.3 Å². The minimum atomic E-state index is 0.739. The van der Waals surface area contributed by atoms with Crippen molar-refractivity contribution < 1.29 is 0 Å². The molecule has 0 fully saturated rings. The maximum absolute atomic E-state index is 4.20. The summed E-state index contributed by atoms with van der Waals surface area (Å²) in [7, 11) is 0. The largest absolute Gasteiger partial charge is 0.263 e. The van der Waals surface area contributed by atoms with Gasteiger partial charge in [-0.15, -0.1) is 6.58 Å². The van der Waals surface area contributed by atoms with Crippen LogP contribution in [-0.4, -0.2) is 6.21 Å². The molecule has 0 spiro atoms. The van der Waals surface area contributed by atoms with Crippen LogP contribution < -0.4 is 0 Å². The van der Waals surface area contributed by atoms with Gasteiger partial charge in [-0.2, -0.15) is 0 Å². The smallest absolute Gasteiger partial charge is 0.0349 e. The lowest BCUT2D eigenvalue weighted by Gasteiger charge is -2.15. The molecule has 2 aliphatic rings. The van der Waals surface area contributed by atoms with Crippen LogP contribution in [0.1, 0.15) is 32.6 Å². The first-order valence-electron chi connectivity index (χ1n) is 6.11. The topological polar surface area (TPSA) is 12.4 Å². The second kappa shape index (κ2) is 5.11. The molecule has 1 unspecified atom stereocenters. The molecule has 16 heavy (non-hydrogen) atoms. The number of allylic oxidation sites excluding steroid dienone is 6. The van der Waals surface area contributed by atoms with E-state index in [4.69, 9.17) is 0 Å². The summed E-state index contributed by atoms with van der Waals surface area (Å²) in [5.41, 5.74) is 4.07. The van der Waals surface area contributed by atoms with Gasteiger partial charge in [-0.3, -0.25) is 4.99 Å². The van der Waals surface area contributed by atoms with Gasteiger partial charge in [0, 0.05) is 23.6 Å². The van der Waals surface area contributed by atoms with Crippen LogP contribution in [0.25, 0.3) is 0 Å². The molecule has 0 saturated carbocycles. The molecule has 1 heteroatoms. The normalized spacial score (nSPS) is 18.9. The van der Waals surface area contributed by atoms with E-state index in [9.17, 15) is 0 Å². The van der Waals surface area contributed by atoms with Crippen molar-refractivity contribution in [3.63, 3.8) is 0 Å². The predicted octanol–water partition coefficient (Wildman–Crippen LogP) is 4.20. The van der Waals surface area contributed by atoms with Crippen LogP contribution in [0, 0.1) is 5.92 Å². The fraction of sp³-hybridized carbons (Fsp3) is 0.400. The molecule has 1 atom stereocenters. The van der Waals surface area contributed by atoms with Crippen LogP contribution in [0.2, 0.25) is 0 Å². The molecular weight excluding hydrogens is 194 g/mol. The fourth-order valence-electron chi connectivity index (χ4n) is 2.45. The van der Waals surface area contributed by atoms with Crippen molar-refractivity contribution >= 4 is 6.21 Å². The summed E-state index contributed by atoms with van der Waals surface area (Å²) in [5.74, 6) is 0.739. The summed E-state index contributed by atoms with van der Waals surface area (Å²) in [6, 6.07) is 0. The SMILES string of the molecule is C=CCC(CCC)CC1=CC=C2C=NC=C21. The third kappa shape index (κ3) is 2.24. The molecule has 1 aliphatic heterocycles. The number of rotatable bonds is 6. The molecule has 0 aromatic heterocycles. The third-order valence-electron chi connectivity index (χ3n) is 3.24. The molecule has 0 amide bonds. The first-order valence-corrected chi connectivity index (χ1v) is 6.11. The fourth-order valence-corrected chi connectivity index (χ4v) is 2.45. The second-order valence-electron chi connectivity index (χ2n) is 4.52. The molecule has 1 nitrogen and oxygen atoms in total. The molecule has 1 aliphatic carbocycles. The van der Waals surface area contributed by atoms with E-state index < -0.39 is 0 Å². The maximum Gasteiger partial charge on any atom is 0.0349 e. The van der Waals surface area contributed by atoms with Gasteiger partial charge < -0.3 is 0 Å². The Kier molecular flexibility index (Phi) is 3.55. The van der Waals surface area contributed by atoms with E-state index in [1.807, 2.05) is 18.5 Å². The lowest BCUT2D eigenvalue weighted by atomic mass is 9.89.